The number of benzene rings is 1. The van der Waals surface area contributed by atoms with E-state index in [4.69, 9.17) is 0 Å². The summed E-state index contributed by atoms with van der Waals surface area (Å²) in [6.45, 7) is 16.3. The number of aromatic hydroxyl groups is 1. The molecule has 220 valence electrons. The van der Waals surface area contributed by atoms with Crippen LogP contribution in [0.25, 0.3) is 10.9 Å². The van der Waals surface area contributed by atoms with Crippen molar-refractivity contribution in [2.24, 2.45) is 5.41 Å². The zero-order valence-corrected chi connectivity index (χ0v) is 25.1. The summed E-state index contributed by atoms with van der Waals surface area (Å²) in [5, 5.41) is 16.6. The summed E-state index contributed by atoms with van der Waals surface area (Å²) in [7, 11) is 0. The highest BCUT2D eigenvalue weighted by Crippen LogP contribution is 2.36. The normalized spacial score (nSPS) is 16.8. The van der Waals surface area contributed by atoms with Gasteiger partial charge in [-0.2, -0.15) is 0 Å². The number of hydrogen-bond donors (Lipinski definition) is 3. The van der Waals surface area contributed by atoms with Gasteiger partial charge in [-0.15, -0.1) is 0 Å². The topological polar surface area (TPSA) is 139 Å². The van der Waals surface area contributed by atoms with Crippen molar-refractivity contribution in [3.63, 3.8) is 0 Å². The highest BCUT2D eigenvalue weighted by atomic mass is 32.2. The highest BCUT2D eigenvalue weighted by molar-refractivity contribution is 7.79. The molecule has 1 fully saturated rings. The van der Waals surface area contributed by atoms with Crippen LogP contribution >= 0.6 is 0 Å². The minimum Gasteiger partial charge on any atom is -0.870 e. The lowest BCUT2D eigenvalue weighted by atomic mass is 9.88. The van der Waals surface area contributed by atoms with Crippen LogP contribution in [0.1, 0.15) is 45.7 Å². The van der Waals surface area contributed by atoms with Gasteiger partial charge in [-0.05, 0) is 37.8 Å². The van der Waals surface area contributed by atoms with Gasteiger partial charge in [0.2, 0.25) is 10.9 Å². The molecule has 40 heavy (non-hydrogen) atoms. The molecule has 1 aromatic heterocycles. The van der Waals surface area contributed by atoms with Crippen molar-refractivity contribution in [2.75, 3.05) is 45.8 Å². The van der Waals surface area contributed by atoms with Crippen LogP contribution in [0, 0.1) is 5.41 Å². The number of phenols is 1. The van der Waals surface area contributed by atoms with Gasteiger partial charge in [-0.1, -0.05) is 20.8 Å². The van der Waals surface area contributed by atoms with E-state index in [9.17, 15) is 19.5 Å². The lowest BCUT2D eigenvalue weighted by Gasteiger charge is -2.34. The van der Waals surface area contributed by atoms with Crippen molar-refractivity contribution in [1.82, 2.24) is 25.0 Å². The molecule has 0 spiro atoms. The average Bonchev–Trinajstić information content (AvgIpc) is 3.34. The van der Waals surface area contributed by atoms with Crippen LogP contribution in [0.5, 0.6) is 5.75 Å². The molecule has 0 bridgehead atoms. The molecular weight excluding hydrogens is 530 g/mol. The van der Waals surface area contributed by atoms with Gasteiger partial charge in [0.25, 0.3) is 11.8 Å². The van der Waals surface area contributed by atoms with Crippen LogP contribution in [0.2, 0.25) is 0 Å². The molecule has 2 aromatic rings. The molecule has 3 amide bonds. The van der Waals surface area contributed by atoms with E-state index < -0.39 is 11.8 Å². The lowest BCUT2D eigenvalue weighted by Crippen LogP contribution is -2.48. The van der Waals surface area contributed by atoms with E-state index in [0.29, 0.717) is 30.6 Å². The molecule has 0 aliphatic carbocycles. The first kappa shape index (κ1) is 31.7. The van der Waals surface area contributed by atoms with E-state index in [0.717, 1.165) is 48.6 Å². The van der Waals surface area contributed by atoms with Crippen LogP contribution in [0.15, 0.2) is 29.3 Å². The fraction of sp³-hybridized carbons (Fsp3) is 0.552. The molecule has 2 aliphatic heterocycles. The third kappa shape index (κ3) is 7.87. The monoisotopic (exact) mass is 573 g/mol. The number of nitrogens with zero attached hydrogens (tertiary/aromatic N) is 3. The summed E-state index contributed by atoms with van der Waals surface area (Å²) in [5.74, 6) is -0.910. The standard InChI is InChI=1S/C29H41N5O4S.H2O/c1-19(2)39-28-21(16-29(3,4)5)20-6-7-23(35)22(27(20)31-28)17-33-14-12-32(13-15-33)11-10-30-24(36)18-34-25(37)8-9-26(34)38;/h6-9,19,31,35H,10-18H2,1-5H3,(H,30,36);1H2. The van der Waals surface area contributed by atoms with E-state index in [1.165, 1.54) is 39.9 Å². The van der Waals surface area contributed by atoms with Gasteiger partial charge >= 0.3 is 0 Å². The smallest absolute Gasteiger partial charge is 0.254 e. The number of carbonyl (C=O) groups excluding carboxylic acids is 3. The first-order valence-corrected chi connectivity index (χ1v) is 14.7. The Labute approximate surface area is 240 Å². The van der Waals surface area contributed by atoms with E-state index in [1.807, 2.05) is 6.07 Å². The molecule has 0 saturated carbocycles. The van der Waals surface area contributed by atoms with Crippen molar-refractivity contribution in [1.29, 1.82) is 0 Å². The SMILES string of the molecule is CC(C)[SH+]c1[nH]c2c(CN3CCN(CCNC(=O)CN4C(=O)C=CC4=O)CC3)c(O)ccc2c1CC(C)(C)C.[OH-]. The molecule has 4 N–H and O–H groups in total. The number of thiol groups is 1. The second-order valence-corrected chi connectivity index (χ2v) is 13.7. The molecule has 1 aromatic carbocycles. The van der Waals surface area contributed by atoms with Gasteiger partial charge in [0.1, 0.15) is 17.5 Å². The fourth-order valence-corrected chi connectivity index (χ4v) is 6.17. The number of piperazine rings is 1. The van der Waals surface area contributed by atoms with Gasteiger partial charge < -0.3 is 20.9 Å². The molecule has 0 radical (unpaired) electrons. The van der Waals surface area contributed by atoms with Crippen molar-refractivity contribution < 1.29 is 25.0 Å². The molecule has 0 atom stereocenters. The summed E-state index contributed by atoms with van der Waals surface area (Å²) >= 11 is 1.27. The zero-order chi connectivity index (χ0) is 28.3. The highest BCUT2D eigenvalue weighted by Gasteiger charge is 2.28. The predicted molar refractivity (Wildman–Crippen MR) is 158 cm³/mol. The lowest BCUT2D eigenvalue weighted by molar-refractivity contribution is -0.141. The number of carbonyl (C=O) groups is 3. The molecule has 3 heterocycles. The van der Waals surface area contributed by atoms with E-state index >= 15 is 0 Å². The van der Waals surface area contributed by atoms with E-state index in [1.54, 1.807) is 0 Å². The Morgan fingerprint density at radius 2 is 1.68 bits per heavy atom. The summed E-state index contributed by atoms with van der Waals surface area (Å²) in [5.41, 5.74) is 3.52. The molecule has 4 rings (SSSR count). The Hall–Kier alpha value is -2.86. The van der Waals surface area contributed by atoms with Crippen molar-refractivity contribution in [3.8, 4) is 5.75 Å². The van der Waals surface area contributed by atoms with Crippen LogP contribution in [-0.2, 0) is 39.1 Å². The molecule has 0 unspecified atom stereocenters. The number of H-pyrrole nitrogens is 1. The minimum atomic E-state index is -0.450. The van der Waals surface area contributed by atoms with Crippen molar-refractivity contribution >= 4 is 40.4 Å². The van der Waals surface area contributed by atoms with Gasteiger partial charge in [-0.3, -0.25) is 29.1 Å². The van der Waals surface area contributed by atoms with Crippen LogP contribution in [0.4, 0.5) is 0 Å². The van der Waals surface area contributed by atoms with Gasteiger partial charge in [-0.25, -0.2) is 0 Å². The number of aromatic nitrogens is 1. The number of rotatable bonds is 10. The number of hydrogen-bond acceptors (Lipinski definition) is 7. The summed E-state index contributed by atoms with van der Waals surface area (Å²) in [6, 6.07) is 3.90. The summed E-state index contributed by atoms with van der Waals surface area (Å²) < 4.78 is 0. The Bertz CT molecular complexity index is 1240. The van der Waals surface area contributed by atoms with Gasteiger partial charge in [0.05, 0.1) is 5.52 Å². The number of fused-ring (bicyclic) bond motifs is 1. The number of phenolic OH excluding ortho intramolecular Hbond substituents is 1. The summed E-state index contributed by atoms with van der Waals surface area (Å²) in [6.07, 6.45) is 3.34. The number of imide groups is 1. The Morgan fingerprint density at radius 3 is 2.27 bits per heavy atom. The quantitative estimate of drug-likeness (QED) is 0.225. The average molecular weight is 574 g/mol. The second-order valence-electron chi connectivity index (χ2n) is 12.0. The van der Waals surface area contributed by atoms with Crippen molar-refractivity contribution in [3.05, 3.63) is 35.4 Å². The Kier molecular flexibility index (Phi) is 10.5. The van der Waals surface area contributed by atoms with Crippen molar-refractivity contribution in [2.45, 2.75) is 57.9 Å². The third-order valence-electron chi connectivity index (χ3n) is 7.04. The maximum atomic E-state index is 12.1. The second kappa shape index (κ2) is 13.2. The Balaban J connectivity index is 0.00000441. The van der Waals surface area contributed by atoms with Gasteiger partial charge in [0, 0.05) is 86.2 Å². The minimum absolute atomic E-state index is 0. The van der Waals surface area contributed by atoms with Crippen LogP contribution < -0.4 is 5.32 Å². The maximum absolute atomic E-state index is 12.1. The van der Waals surface area contributed by atoms with Crippen LogP contribution in [0.3, 0.4) is 0 Å². The van der Waals surface area contributed by atoms with Crippen LogP contribution in [-0.4, -0.2) is 99.1 Å². The molecule has 10 nitrogen and oxygen atoms in total. The summed E-state index contributed by atoms with van der Waals surface area (Å²) in [4.78, 5) is 44.7. The fourth-order valence-electron chi connectivity index (χ4n) is 5.12. The third-order valence-corrected chi connectivity index (χ3v) is 8.19. The molecule has 1 saturated heterocycles. The van der Waals surface area contributed by atoms with E-state index in [-0.39, 0.29) is 23.3 Å². The number of nitrogens with one attached hydrogen (secondary N) is 2. The maximum Gasteiger partial charge on any atom is 0.254 e. The molecule has 2 aliphatic rings. The Morgan fingerprint density at radius 1 is 1.05 bits per heavy atom. The van der Waals surface area contributed by atoms with Gasteiger partial charge in [0.15, 0.2) is 0 Å². The first-order valence-electron chi connectivity index (χ1n) is 13.7. The molecule has 11 heteroatoms. The predicted octanol–water partition coefficient (Wildman–Crippen LogP) is 2.03. The first-order chi connectivity index (χ1) is 18.4. The molecular formula is C29H43N5O5S. The van der Waals surface area contributed by atoms with E-state index in [2.05, 4.69) is 60.8 Å². The number of amides is 3. The number of aromatic amines is 1. The zero-order valence-electron chi connectivity index (χ0n) is 24.2. The largest absolute Gasteiger partial charge is 0.870 e.